The quantitative estimate of drug-likeness (QED) is 0.865. The molecule has 0 aliphatic heterocycles. The van der Waals surface area contributed by atoms with Crippen molar-refractivity contribution in [3.8, 4) is 5.75 Å². The number of anilines is 1. The number of benzene rings is 1. The zero-order valence-corrected chi connectivity index (χ0v) is 16.1. The van der Waals surface area contributed by atoms with Crippen LogP contribution in [0.4, 0.5) is 5.69 Å². The van der Waals surface area contributed by atoms with E-state index in [2.05, 4.69) is 15.4 Å². The topological polar surface area (TPSA) is 69.0 Å². The molecule has 4 saturated carbocycles. The van der Waals surface area contributed by atoms with Crippen LogP contribution in [-0.4, -0.2) is 27.8 Å². The number of ether oxygens (including phenoxy) is 1. The maximum Gasteiger partial charge on any atom is 0.242 e. The highest BCUT2D eigenvalue weighted by Gasteiger charge is 2.61. The molecule has 1 aromatic heterocycles. The molecule has 27 heavy (non-hydrogen) atoms. The van der Waals surface area contributed by atoms with Crippen LogP contribution in [0, 0.1) is 17.3 Å². The summed E-state index contributed by atoms with van der Waals surface area (Å²) < 4.78 is 7.35. The van der Waals surface area contributed by atoms with Crippen molar-refractivity contribution in [3.63, 3.8) is 0 Å². The van der Waals surface area contributed by atoms with E-state index in [1.165, 1.54) is 6.42 Å². The number of hydrogen-bond acceptors (Lipinski definition) is 4. The van der Waals surface area contributed by atoms with Crippen LogP contribution < -0.4 is 10.1 Å². The molecule has 0 saturated heterocycles. The summed E-state index contributed by atoms with van der Waals surface area (Å²) in [4.78, 5) is 17.6. The second-order valence-corrected chi connectivity index (χ2v) is 8.92. The lowest BCUT2D eigenvalue weighted by atomic mass is 9.46. The first-order valence-electron chi connectivity index (χ1n) is 9.54. The summed E-state index contributed by atoms with van der Waals surface area (Å²) in [5.41, 5.74) is 0.240. The lowest BCUT2D eigenvalue weighted by Crippen LogP contribution is -2.60. The van der Waals surface area contributed by atoms with E-state index in [0.29, 0.717) is 17.6 Å². The molecule has 1 aromatic carbocycles. The normalized spacial score (nSPS) is 33.9. The zero-order chi connectivity index (χ0) is 18.6. The average Bonchev–Trinajstić information content (AvgIpc) is 3.08. The Labute approximate surface area is 163 Å². The SMILES string of the molecule is COc1ccccc1NC(=O)C12C[C@@H]3C[C@@H](C1)CC(n1cnc(Cl)n1)(C3)C2. The van der Waals surface area contributed by atoms with Crippen LogP contribution in [0.5, 0.6) is 5.75 Å². The number of hydrogen-bond donors (Lipinski definition) is 1. The third kappa shape index (κ3) is 2.64. The van der Waals surface area contributed by atoms with Gasteiger partial charge in [-0.25, -0.2) is 9.67 Å². The fourth-order valence-electron chi connectivity index (χ4n) is 6.22. The monoisotopic (exact) mass is 386 g/mol. The van der Waals surface area contributed by atoms with E-state index in [1.807, 2.05) is 28.9 Å². The van der Waals surface area contributed by atoms with Crippen LogP contribution in [0.25, 0.3) is 0 Å². The van der Waals surface area contributed by atoms with Gasteiger partial charge in [0.1, 0.15) is 12.1 Å². The largest absolute Gasteiger partial charge is 0.495 e. The van der Waals surface area contributed by atoms with Gasteiger partial charge in [-0.05, 0) is 74.1 Å². The van der Waals surface area contributed by atoms with Crippen molar-refractivity contribution < 1.29 is 9.53 Å². The van der Waals surface area contributed by atoms with E-state index in [1.54, 1.807) is 13.4 Å². The van der Waals surface area contributed by atoms with Crippen molar-refractivity contribution in [1.29, 1.82) is 0 Å². The summed E-state index contributed by atoms with van der Waals surface area (Å²) in [5, 5.41) is 7.86. The molecule has 4 fully saturated rings. The molecule has 0 spiro atoms. The molecule has 6 nitrogen and oxygen atoms in total. The summed E-state index contributed by atoms with van der Waals surface area (Å²) in [6, 6.07) is 7.58. The molecule has 4 bridgehead atoms. The van der Waals surface area contributed by atoms with E-state index >= 15 is 0 Å². The summed E-state index contributed by atoms with van der Waals surface area (Å²) in [6.07, 6.45) is 7.78. The molecule has 6 rings (SSSR count). The summed E-state index contributed by atoms with van der Waals surface area (Å²) in [6.45, 7) is 0. The minimum absolute atomic E-state index is 0.108. The Morgan fingerprint density at radius 3 is 2.67 bits per heavy atom. The number of amides is 1. The molecule has 1 heterocycles. The van der Waals surface area contributed by atoms with Gasteiger partial charge in [0.25, 0.3) is 0 Å². The van der Waals surface area contributed by atoms with E-state index in [-0.39, 0.29) is 22.1 Å². The predicted molar refractivity (Wildman–Crippen MR) is 102 cm³/mol. The van der Waals surface area contributed by atoms with E-state index in [4.69, 9.17) is 16.3 Å². The third-order valence-electron chi connectivity index (χ3n) is 6.82. The van der Waals surface area contributed by atoms with Gasteiger partial charge in [-0.1, -0.05) is 12.1 Å². The van der Waals surface area contributed by atoms with Gasteiger partial charge >= 0.3 is 0 Å². The van der Waals surface area contributed by atoms with Crippen molar-refractivity contribution in [2.24, 2.45) is 17.3 Å². The fraction of sp³-hybridized carbons (Fsp3) is 0.550. The second kappa shape index (κ2) is 5.96. The maximum atomic E-state index is 13.5. The molecule has 1 N–H and O–H groups in total. The third-order valence-corrected chi connectivity index (χ3v) is 6.99. The van der Waals surface area contributed by atoms with Crippen molar-refractivity contribution in [3.05, 3.63) is 35.9 Å². The molecule has 4 aliphatic carbocycles. The van der Waals surface area contributed by atoms with Crippen LogP contribution in [0.3, 0.4) is 0 Å². The van der Waals surface area contributed by atoms with Gasteiger partial charge in [-0.15, -0.1) is 5.10 Å². The Balaban J connectivity index is 1.48. The summed E-state index contributed by atoms with van der Waals surface area (Å²) in [5.74, 6) is 1.90. The standard InChI is InChI=1S/C20H23ClN4O2/c1-27-16-5-3-2-4-15(16)23-17(26)19-7-13-6-14(8-19)10-20(9-13,11-19)25-12-22-18(21)24-25/h2-5,12-14H,6-11H2,1H3,(H,23,26)/t13-,14-,19?,20?/m0/s1. The van der Waals surface area contributed by atoms with Gasteiger partial charge in [-0.2, -0.15) is 0 Å². The Morgan fingerprint density at radius 1 is 1.26 bits per heavy atom. The highest BCUT2D eigenvalue weighted by Crippen LogP contribution is 2.64. The average molecular weight is 387 g/mol. The molecule has 142 valence electrons. The number of methoxy groups -OCH3 is 1. The van der Waals surface area contributed by atoms with Gasteiger partial charge in [0.15, 0.2) is 0 Å². The van der Waals surface area contributed by atoms with E-state index in [0.717, 1.165) is 37.8 Å². The number of aromatic nitrogens is 3. The van der Waals surface area contributed by atoms with Crippen LogP contribution in [0.1, 0.15) is 38.5 Å². The van der Waals surface area contributed by atoms with Crippen LogP contribution >= 0.6 is 11.6 Å². The van der Waals surface area contributed by atoms with Gasteiger partial charge in [0, 0.05) is 0 Å². The predicted octanol–water partition coefficient (Wildman–Crippen LogP) is 3.87. The van der Waals surface area contributed by atoms with Crippen LogP contribution in [-0.2, 0) is 10.3 Å². The first kappa shape index (κ1) is 17.0. The molecular formula is C20H23ClN4O2. The Kier molecular flexibility index (Phi) is 3.76. The highest BCUT2D eigenvalue weighted by molar-refractivity contribution is 6.28. The van der Waals surface area contributed by atoms with Crippen molar-refractivity contribution in [2.45, 2.75) is 44.1 Å². The first-order chi connectivity index (χ1) is 13.0. The Bertz CT molecular complexity index is 882. The number of para-hydroxylation sites is 2. The van der Waals surface area contributed by atoms with Gasteiger partial charge < -0.3 is 10.1 Å². The Morgan fingerprint density at radius 2 is 2.00 bits per heavy atom. The van der Waals surface area contributed by atoms with Gasteiger partial charge in [-0.3, -0.25) is 4.79 Å². The molecule has 2 atom stereocenters. The van der Waals surface area contributed by atoms with Crippen molar-refractivity contribution >= 4 is 23.2 Å². The molecule has 7 heteroatoms. The summed E-state index contributed by atoms with van der Waals surface area (Å²) in [7, 11) is 1.62. The minimum Gasteiger partial charge on any atom is -0.495 e. The lowest BCUT2D eigenvalue weighted by Gasteiger charge is -2.60. The number of nitrogens with zero attached hydrogens (tertiary/aromatic N) is 3. The molecule has 0 unspecified atom stereocenters. The number of rotatable bonds is 4. The molecule has 0 radical (unpaired) electrons. The smallest absolute Gasteiger partial charge is 0.242 e. The van der Waals surface area contributed by atoms with Crippen LogP contribution in [0.15, 0.2) is 30.6 Å². The second-order valence-electron chi connectivity index (χ2n) is 8.58. The molecular weight excluding hydrogens is 364 g/mol. The number of nitrogens with one attached hydrogen (secondary N) is 1. The van der Waals surface area contributed by atoms with Gasteiger partial charge in [0.2, 0.25) is 11.2 Å². The minimum atomic E-state index is -0.358. The number of carbonyl (C=O) groups is 1. The molecule has 2 aromatic rings. The molecule has 1 amide bonds. The Hall–Kier alpha value is -2.08. The van der Waals surface area contributed by atoms with Gasteiger partial charge in [0.05, 0.1) is 23.8 Å². The molecule has 4 aliphatic rings. The van der Waals surface area contributed by atoms with E-state index in [9.17, 15) is 4.79 Å². The summed E-state index contributed by atoms with van der Waals surface area (Å²) >= 11 is 6.00. The number of carbonyl (C=O) groups excluding carboxylic acids is 1. The lowest BCUT2D eigenvalue weighted by molar-refractivity contribution is -0.150. The fourth-order valence-corrected chi connectivity index (χ4v) is 6.35. The van der Waals surface area contributed by atoms with Crippen molar-refractivity contribution in [1.82, 2.24) is 14.8 Å². The number of halogens is 1. The zero-order valence-electron chi connectivity index (χ0n) is 15.3. The van der Waals surface area contributed by atoms with Crippen molar-refractivity contribution in [2.75, 3.05) is 12.4 Å². The van der Waals surface area contributed by atoms with Crippen LogP contribution in [0.2, 0.25) is 5.28 Å². The first-order valence-corrected chi connectivity index (χ1v) is 9.92. The highest BCUT2D eigenvalue weighted by atomic mass is 35.5. The maximum absolute atomic E-state index is 13.5. The van der Waals surface area contributed by atoms with E-state index < -0.39 is 0 Å².